The summed E-state index contributed by atoms with van der Waals surface area (Å²) in [5, 5.41) is 12.4. The van der Waals surface area contributed by atoms with Crippen LogP contribution in [-0.2, 0) is 21.2 Å². The highest BCUT2D eigenvalue weighted by atomic mass is 16.6. The average Bonchev–Trinajstić information content (AvgIpc) is 3.27. The van der Waals surface area contributed by atoms with Gasteiger partial charge in [0.15, 0.2) is 0 Å². The van der Waals surface area contributed by atoms with Crippen molar-refractivity contribution in [3.63, 3.8) is 0 Å². The van der Waals surface area contributed by atoms with E-state index in [9.17, 15) is 9.90 Å². The number of aliphatic hydroxyl groups is 1. The lowest BCUT2D eigenvalue weighted by Gasteiger charge is -2.52. The summed E-state index contributed by atoms with van der Waals surface area (Å²) in [7, 11) is 0. The van der Waals surface area contributed by atoms with Crippen LogP contribution in [0.25, 0.3) is 11.1 Å². The van der Waals surface area contributed by atoms with Crippen LogP contribution in [0.1, 0.15) is 112 Å². The van der Waals surface area contributed by atoms with E-state index in [4.69, 9.17) is 4.74 Å². The Morgan fingerprint density at radius 2 is 1.36 bits per heavy atom. The number of nitrogens with zero attached hydrogens (tertiary/aromatic N) is 1. The third-order valence-electron chi connectivity index (χ3n) is 11.3. The number of fused-ring (bicyclic) bond motifs is 6. The van der Waals surface area contributed by atoms with Crippen LogP contribution in [0.15, 0.2) is 60.7 Å². The van der Waals surface area contributed by atoms with E-state index < -0.39 is 5.60 Å². The summed E-state index contributed by atoms with van der Waals surface area (Å²) in [5.41, 5.74) is 9.28. The zero-order valence-electron chi connectivity index (χ0n) is 25.9. The van der Waals surface area contributed by atoms with Crippen molar-refractivity contribution < 1.29 is 14.6 Å². The first kappa shape index (κ1) is 27.7. The maximum Gasteiger partial charge on any atom is 0.410 e. The van der Waals surface area contributed by atoms with Crippen LogP contribution in [0, 0.1) is 6.92 Å². The number of carbonyl (C=O) groups is 1. The van der Waals surface area contributed by atoms with Crippen LogP contribution in [0.5, 0.6) is 0 Å². The first-order valence-electron chi connectivity index (χ1n) is 16.0. The van der Waals surface area contributed by atoms with E-state index in [1.807, 2.05) is 4.90 Å². The Hall–Kier alpha value is -3.11. The number of hydrogen-bond acceptors (Lipinski definition) is 3. The van der Waals surface area contributed by atoms with Crippen LogP contribution >= 0.6 is 0 Å². The Labute approximate surface area is 251 Å². The summed E-state index contributed by atoms with van der Waals surface area (Å²) in [4.78, 5) is 15.8. The Bertz CT molecular complexity index is 1490. The second kappa shape index (κ2) is 9.71. The second-order valence-corrected chi connectivity index (χ2v) is 14.9. The van der Waals surface area contributed by atoms with Gasteiger partial charge in [0.25, 0.3) is 0 Å². The molecule has 2 heterocycles. The molecule has 4 aliphatic rings. The average molecular weight is 564 g/mol. The molecule has 0 spiro atoms. The number of piperidine rings is 2. The number of aryl methyl sites for hydroxylation is 1. The third-order valence-corrected chi connectivity index (χ3v) is 11.3. The fraction of sp³-hybridized carbons (Fsp3) is 0.500. The van der Waals surface area contributed by atoms with E-state index in [0.29, 0.717) is 19.4 Å². The Balaban J connectivity index is 1.13. The van der Waals surface area contributed by atoms with Crippen LogP contribution in [0.2, 0.25) is 0 Å². The lowest BCUT2D eigenvalue weighted by atomic mass is 9.61. The van der Waals surface area contributed by atoms with Crippen LogP contribution < -0.4 is 0 Å². The van der Waals surface area contributed by atoms with Gasteiger partial charge >= 0.3 is 6.09 Å². The Morgan fingerprint density at radius 3 is 1.93 bits per heavy atom. The predicted molar refractivity (Wildman–Crippen MR) is 168 cm³/mol. The maximum atomic E-state index is 13.8. The molecule has 4 nitrogen and oxygen atoms in total. The molecule has 2 aliphatic carbocycles. The molecular weight excluding hydrogens is 518 g/mol. The van der Waals surface area contributed by atoms with Crippen molar-refractivity contribution in [2.75, 3.05) is 6.61 Å². The van der Waals surface area contributed by atoms with Crippen molar-refractivity contribution in [2.24, 2.45) is 0 Å². The summed E-state index contributed by atoms with van der Waals surface area (Å²) >= 11 is 0. The molecule has 4 heteroatoms. The summed E-state index contributed by atoms with van der Waals surface area (Å²) in [6.45, 7) is 11.9. The summed E-state index contributed by atoms with van der Waals surface area (Å²) in [6, 6.07) is 21.6. The topological polar surface area (TPSA) is 49.8 Å². The maximum absolute atomic E-state index is 13.8. The highest BCUT2D eigenvalue weighted by Crippen LogP contribution is 2.51. The molecule has 42 heavy (non-hydrogen) atoms. The van der Waals surface area contributed by atoms with E-state index in [-0.39, 0.29) is 34.9 Å². The van der Waals surface area contributed by atoms with Gasteiger partial charge in [-0.1, -0.05) is 88.4 Å². The minimum absolute atomic E-state index is 0.0157. The van der Waals surface area contributed by atoms with Gasteiger partial charge in [0.05, 0.1) is 5.60 Å². The molecule has 2 unspecified atom stereocenters. The van der Waals surface area contributed by atoms with E-state index in [0.717, 1.165) is 31.2 Å². The smallest absolute Gasteiger partial charge is 0.410 e. The standard InChI is InChI=1S/C38H45NO3/c1-24-19-33-34(37(4,5)18-17-36(33,2)3)20-32(24)38(41)21-25-11-10-12-26(22-38)39(25)35(40)42-23-31-29-15-8-6-13-27(29)28-14-7-9-16-30(28)31/h6-9,13-16,19-20,25-26,31,41H,10-12,17-18,21-23H2,1-5H3. The van der Waals surface area contributed by atoms with Gasteiger partial charge in [0.1, 0.15) is 6.61 Å². The molecule has 1 N–H and O–H groups in total. The summed E-state index contributed by atoms with van der Waals surface area (Å²) in [6.07, 6.45) is 6.14. The number of amides is 1. The fourth-order valence-corrected chi connectivity index (χ4v) is 8.84. The van der Waals surface area contributed by atoms with Gasteiger partial charge in [-0.25, -0.2) is 4.79 Å². The first-order valence-corrected chi connectivity index (χ1v) is 16.0. The predicted octanol–water partition coefficient (Wildman–Crippen LogP) is 8.50. The minimum atomic E-state index is -0.938. The van der Waals surface area contributed by atoms with Gasteiger partial charge in [-0.15, -0.1) is 0 Å². The monoisotopic (exact) mass is 563 g/mol. The van der Waals surface area contributed by atoms with Gasteiger partial charge in [-0.05, 0) is 94.4 Å². The van der Waals surface area contributed by atoms with Gasteiger partial charge in [-0.2, -0.15) is 0 Å². The zero-order chi connectivity index (χ0) is 29.4. The number of hydrogen-bond donors (Lipinski definition) is 1. The van der Waals surface area contributed by atoms with Crippen LogP contribution in [0.3, 0.4) is 0 Å². The van der Waals surface area contributed by atoms with Crippen molar-refractivity contribution >= 4 is 6.09 Å². The normalized spacial score (nSPS) is 27.1. The van der Waals surface area contributed by atoms with Crippen molar-refractivity contribution in [2.45, 2.75) is 114 Å². The number of benzene rings is 3. The molecular formula is C38H45NO3. The molecule has 0 saturated carbocycles. The Kier molecular flexibility index (Phi) is 6.40. The van der Waals surface area contributed by atoms with Gasteiger partial charge < -0.3 is 14.7 Å². The van der Waals surface area contributed by atoms with Crippen molar-refractivity contribution in [3.8, 4) is 11.1 Å². The van der Waals surface area contributed by atoms with Crippen LogP contribution in [-0.4, -0.2) is 34.8 Å². The van der Waals surface area contributed by atoms with Crippen molar-refractivity contribution in [1.29, 1.82) is 0 Å². The van der Waals surface area contributed by atoms with E-state index in [2.05, 4.69) is 95.3 Å². The second-order valence-electron chi connectivity index (χ2n) is 14.9. The first-order chi connectivity index (χ1) is 20.0. The summed E-state index contributed by atoms with van der Waals surface area (Å²) < 4.78 is 6.14. The highest BCUT2D eigenvalue weighted by molar-refractivity contribution is 5.79. The van der Waals surface area contributed by atoms with E-state index in [1.54, 1.807) is 0 Å². The quantitative estimate of drug-likeness (QED) is 0.348. The lowest BCUT2D eigenvalue weighted by Crippen LogP contribution is -2.59. The van der Waals surface area contributed by atoms with Crippen molar-refractivity contribution in [1.82, 2.24) is 4.90 Å². The lowest BCUT2D eigenvalue weighted by molar-refractivity contribution is -0.0894. The minimum Gasteiger partial charge on any atom is -0.448 e. The molecule has 0 aromatic heterocycles. The van der Waals surface area contributed by atoms with Gasteiger partial charge in [0.2, 0.25) is 0 Å². The molecule has 1 amide bonds. The molecule has 0 radical (unpaired) electrons. The molecule has 3 aromatic carbocycles. The van der Waals surface area contributed by atoms with Gasteiger partial charge in [-0.3, -0.25) is 0 Å². The summed E-state index contributed by atoms with van der Waals surface area (Å²) in [5.74, 6) is 0.0497. The SMILES string of the molecule is Cc1cc2c(cc1C1(O)CC3CCCC(C1)N3C(=O)OCC1c3ccccc3-c3ccccc31)C(C)(C)CCC2(C)C. The van der Waals surface area contributed by atoms with Crippen LogP contribution in [0.4, 0.5) is 4.79 Å². The molecule has 3 aromatic rings. The van der Waals surface area contributed by atoms with Gasteiger partial charge in [0, 0.05) is 30.8 Å². The molecule has 2 saturated heterocycles. The Morgan fingerprint density at radius 1 is 0.833 bits per heavy atom. The highest BCUT2D eigenvalue weighted by Gasteiger charge is 2.50. The number of rotatable bonds is 3. The zero-order valence-corrected chi connectivity index (χ0v) is 25.9. The van der Waals surface area contributed by atoms with E-state index >= 15 is 0 Å². The molecule has 2 aliphatic heterocycles. The largest absolute Gasteiger partial charge is 0.448 e. The van der Waals surface area contributed by atoms with E-state index in [1.165, 1.54) is 45.4 Å². The molecule has 7 rings (SSSR count). The third kappa shape index (κ3) is 4.32. The molecule has 2 fully saturated rings. The number of ether oxygens (including phenoxy) is 1. The fourth-order valence-electron chi connectivity index (χ4n) is 8.84. The van der Waals surface area contributed by atoms with Crippen molar-refractivity contribution in [3.05, 3.63) is 94.0 Å². The molecule has 2 atom stereocenters. The number of carbonyl (C=O) groups excluding carboxylic acids is 1. The molecule has 220 valence electrons. The molecule has 2 bridgehead atoms.